The van der Waals surface area contributed by atoms with Crippen molar-refractivity contribution in [3.8, 4) is 0 Å². The molecule has 2 heterocycles. The van der Waals surface area contributed by atoms with E-state index in [9.17, 15) is 4.79 Å². The third-order valence-electron chi connectivity index (χ3n) is 5.65. The summed E-state index contributed by atoms with van der Waals surface area (Å²) in [5.74, 6) is 0.559. The molecule has 0 spiro atoms. The molecule has 7 heteroatoms. The van der Waals surface area contributed by atoms with Crippen LogP contribution in [0.4, 0.5) is 4.79 Å². The zero-order chi connectivity index (χ0) is 19.7. The summed E-state index contributed by atoms with van der Waals surface area (Å²) < 4.78 is 1.96. The number of aliphatic imine (C=N–C) groups is 1. The maximum Gasteiger partial charge on any atom is 0.341 e. The number of nitrogens with zero attached hydrogens (tertiary/aromatic N) is 2. The zero-order valence-electron chi connectivity index (χ0n) is 15.8. The van der Waals surface area contributed by atoms with Crippen molar-refractivity contribution in [1.82, 2.24) is 10.3 Å². The molecule has 1 N–H and O–H groups in total. The minimum Gasteiger partial charge on any atom is -0.328 e. The molecule has 4 nitrogen and oxygen atoms in total. The number of carbonyl (C=O) groups excluding carboxylic acids is 1. The van der Waals surface area contributed by atoms with Gasteiger partial charge in [0.15, 0.2) is 0 Å². The molecular weight excluding hydrogens is 502 g/mol. The lowest BCUT2D eigenvalue weighted by Crippen LogP contribution is -2.39. The van der Waals surface area contributed by atoms with Crippen molar-refractivity contribution in [1.29, 1.82) is 0 Å². The number of hydrogen-bond acceptors (Lipinski definition) is 3. The Bertz CT molecular complexity index is 885. The van der Waals surface area contributed by atoms with E-state index >= 15 is 0 Å². The molecule has 1 aromatic carbocycles. The van der Waals surface area contributed by atoms with E-state index in [1.54, 1.807) is 11.3 Å². The summed E-state index contributed by atoms with van der Waals surface area (Å²) in [4.78, 5) is 21.7. The predicted molar refractivity (Wildman–Crippen MR) is 122 cm³/mol. The number of urea groups is 1. The first kappa shape index (κ1) is 20.2. The van der Waals surface area contributed by atoms with Crippen LogP contribution in [0.25, 0.3) is 0 Å². The Labute approximate surface area is 186 Å². The number of carbonyl (C=O) groups is 1. The Morgan fingerprint density at radius 1 is 1.14 bits per heavy atom. The second-order valence-electron chi connectivity index (χ2n) is 7.51. The van der Waals surface area contributed by atoms with Gasteiger partial charge in [0.1, 0.15) is 5.01 Å². The van der Waals surface area contributed by atoms with Crippen molar-refractivity contribution in [3.05, 3.63) is 48.8 Å². The van der Waals surface area contributed by atoms with Crippen molar-refractivity contribution < 1.29 is 4.79 Å². The number of halogens is 2. The number of thiazole rings is 1. The number of amides is 2. The minimum atomic E-state index is -0.266. The summed E-state index contributed by atoms with van der Waals surface area (Å²) in [6, 6.07) is 5.70. The maximum atomic E-state index is 12.3. The number of aromatic nitrogens is 1. The fraction of sp³-hybridized carbons (Fsp3) is 0.476. The van der Waals surface area contributed by atoms with Crippen LogP contribution >= 0.6 is 43.2 Å². The molecule has 148 valence electrons. The Kier molecular flexibility index (Phi) is 6.33. The van der Waals surface area contributed by atoms with Gasteiger partial charge in [-0.15, -0.1) is 11.3 Å². The van der Waals surface area contributed by atoms with Gasteiger partial charge in [-0.3, -0.25) is 0 Å². The first-order chi connectivity index (χ1) is 13.5. The van der Waals surface area contributed by atoms with E-state index in [4.69, 9.17) is 4.98 Å². The van der Waals surface area contributed by atoms with Crippen LogP contribution in [0.5, 0.6) is 0 Å². The van der Waals surface area contributed by atoms with Crippen LogP contribution in [0.1, 0.15) is 79.6 Å². The molecule has 1 saturated carbocycles. The summed E-state index contributed by atoms with van der Waals surface area (Å²) in [5, 5.41) is 6.37. The van der Waals surface area contributed by atoms with E-state index in [1.807, 2.05) is 6.07 Å². The monoisotopic (exact) mass is 523 g/mol. The largest absolute Gasteiger partial charge is 0.341 e. The number of nitrogens with one attached hydrogen (secondary N) is 1. The molecule has 2 aromatic rings. The fourth-order valence-corrected chi connectivity index (χ4v) is 6.68. The molecule has 1 aliphatic heterocycles. The summed E-state index contributed by atoms with van der Waals surface area (Å²) >= 11 is 8.86. The molecule has 2 amide bonds. The lowest BCUT2D eigenvalue weighted by atomic mass is 9.86. The summed E-state index contributed by atoms with van der Waals surface area (Å²) in [6.45, 7) is 2.06. The van der Waals surface area contributed by atoms with Gasteiger partial charge in [-0.1, -0.05) is 58.0 Å². The van der Waals surface area contributed by atoms with Gasteiger partial charge in [0.05, 0.1) is 17.7 Å². The molecule has 2 atom stereocenters. The van der Waals surface area contributed by atoms with Crippen molar-refractivity contribution in [3.63, 3.8) is 0 Å². The number of hydrogen-bond donors (Lipinski definition) is 1. The van der Waals surface area contributed by atoms with Crippen LogP contribution < -0.4 is 5.32 Å². The molecule has 2 aliphatic rings. The summed E-state index contributed by atoms with van der Waals surface area (Å²) in [6.07, 6.45) is 7.15. The highest BCUT2D eigenvalue weighted by Gasteiger charge is 2.36. The molecule has 0 saturated heterocycles. The molecular formula is C21H23Br2N3OS. The van der Waals surface area contributed by atoms with Crippen LogP contribution in [0.3, 0.4) is 0 Å². The topological polar surface area (TPSA) is 54.4 Å². The van der Waals surface area contributed by atoms with Crippen LogP contribution in [0.15, 0.2) is 37.5 Å². The quantitative estimate of drug-likeness (QED) is 0.463. The molecule has 28 heavy (non-hydrogen) atoms. The summed E-state index contributed by atoms with van der Waals surface area (Å²) in [5.41, 5.74) is 3.19. The Balaban J connectivity index is 1.72. The van der Waals surface area contributed by atoms with Crippen LogP contribution in [0, 0.1) is 0 Å². The third kappa shape index (κ3) is 4.26. The summed E-state index contributed by atoms with van der Waals surface area (Å²) in [7, 11) is 0. The lowest BCUT2D eigenvalue weighted by molar-refractivity contribution is 0.242. The van der Waals surface area contributed by atoms with Gasteiger partial charge in [-0.05, 0) is 43.0 Å². The van der Waals surface area contributed by atoms with E-state index in [1.165, 1.54) is 37.8 Å². The SMILES string of the molecule is CCC1=NC(=O)NC(c2cc(Br)cc(Br)c2)C1c1nc(C2CCCCC2)cs1. The van der Waals surface area contributed by atoms with Crippen molar-refractivity contribution >= 4 is 54.9 Å². The Morgan fingerprint density at radius 2 is 1.86 bits per heavy atom. The lowest BCUT2D eigenvalue weighted by Gasteiger charge is -2.31. The van der Waals surface area contributed by atoms with Crippen molar-refractivity contribution in [2.24, 2.45) is 4.99 Å². The first-order valence-electron chi connectivity index (χ1n) is 9.84. The van der Waals surface area contributed by atoms with Gasteiger partial charge in [-0.25, -0.2) is 14.8 Å². The first-order valence-corrected chi connectivity index (χ1v) is 12.3. The van der Waals surface area contributed by atoms with Crippen molar-refractivity contribution in [2.75, 3.05) is 0 Å². The van der Waals surface area contributed by atoms with Crippen LogP contribution in [-0.4, -0.2) is 16.7 Å². The third-order valence-corrected chi connectivity index (χ3v) is 7.51. The van der Waals surface area contributed by atoms with Gasteiger partial charge < -0.3 is 5.32 Å². The van der Waals surface area contributed by atoms with Gasteiger partial charge in [-0.2, -0.15) is 0 Å². The standard InChI is InChI=1S/C21H23Br2N3OS/c1-2-16-18(20-24-17(11-28-20)12-6-4-3-5-7-12)19(26-21(27)25-16)13-8-14(22)10-15(23)9-13/h8-12,18-19H,2-7H2,1H3,(H,26,27). The van der Waals surface area contributed by atoms with E-state index in [2.05, 4.69) is 66.6 Å². The second kappa shape index (κ2) is 8.76. The highest BCUT2D eigenvalue weighted by molar-refractivity contribution is 9.11. The molecule has 4 rings (SSSR count). The van der Waals surface area contributed by atoms with E-state index < -0.39 is 0 Å². The van der Waals surface area contributed by atoms with Crippen molar-refractivity contribution in [2.45, 2.75) is 63.3 Å². The number of benzene rings is 1. The molecule has 1 fully saturated rings. The van der Waals surface area contributed by atoms with E-state index in [0.29, 0.717) is 5.92 Å². The van der Waals surface area contributed by atoms with Gasteiger partial charge in [0, 0.05) is 26.0 Å². The Hall–Kier alpha value is -1.05. The van der Waals surface area contributed by atoms with Gasteiger partial charge in [0.2, 0.25) is 0 Å². The average Bonchev–Trinajstić information content (AvgIpc) is 3.17. The molecule has 0 bridgehead atoms. The van der Waals surface area contributed by atoms with E-state index in [0.717, 1.165) is 31.6 Å². The molecule has 1 aromatic heterocycles. The number of rotatable bonds is 4. The predicted octanol–water partition coefficient (Wildman–Crippen LogP) is 7.11. The van der Waals surface area contributed by atoms with Crippen LogP contribution in [-0.2, 0) is 0 Å². The highest BCUT2D eigenvalue weighted by Crippen LogP contribution is 2.41. The maximum absolute atomic E-state index is 12.3. The Morgan fingerprint density at radius 3 is 2.54 bits per heavy atom. The molecule has 0 radical (unpaired) electrons. The van der Waals surface area contributed by atoms with E-state index in [-0.39, 0.29) is 18.0 Å². The second-order valence-corrected chi connectivity index (χ2v) is 10.2. The fourth-order valence-electron chi connectivity index (χ4n) is 4.28. The minimum absolute atomic E-state index is 0.0220. The zero-order valence-corrected chi connectivity index (χ0v) is 19.7. The van der Waals surface area contributed by atoms with Gasteiger partial charge in [0.25, 0.3) is 0 Å². The highest BCUT2D eigenvalue weighted by atomic mass is 79.9. The van der Waals surface area contributed by atoms with Crippen LogP contribution in [0.2, 0.25) is 0 Å². The smallest absolute Gasteiger partial charge is 0.328 e. The van der Waals surface area contributed by atoms with Gasteiger partial charge >= 0.3 is 6.03 Å². The average molecular weight is 525 g/mol. The normalized spacial score (nSPS) is 23.4. The molecule has 1 aliphatic carbocycles. The molecule has 2 unspecified atom stereocenters.